The number of hydrogen-bond donors (Lipinski definition) is 3. The summed E-state index contributed by atoms with van der Waals surface area (Å²) in [5, 5.41) is 29.6. The third kappa shape index (κ3) is 3.66. The molecule has 5 heteroatoms. The fourth-order valence-corrected chi connectivity index (χ4v) is 2.98. The van der Waals surface area contributed by atoms with Gasteiger partial charge in [0.05, 0.1) is 13.2 Å². The van der Waals surface area contributed by atoms with Crippen LogP contribution in [0, 0.1) is 0 Å². The summed E-state index contributed by atoms with van der Waals surface area (Å²) >= 11 is 0. The van der Waals surface area contributed by atoms with E-state index in [1.54, 1.807) is 0 Å². The Hall–Kier alpha value is -1.76. The Kier molecular flexibility index (Phi) is 5.60. The number of aliphatic hydroxyl groups excluding tert-OH is 3. The monoisotopic (exact) mass is 330 g/mol. The van der Waals surface area contributed by atoms with Crippen molar-refractivity contribution in [3.05, 3.63) is 71.8 Å². The van der Waals surface area contributed by atoms with Crippen LogP contribution in [0.1, 0.15) is 17.2 Å². The van der Waals surface area contributed by atoms with Gasteiger partial charge in [0, 0.05) is 0 Å². The van der Waals surface area contributed by atoms with Crippen molar-refractivity contribution < 1.29 is 24.8 Å². The van der Waals surface area contributed by atoms with E-state index >= 15 is 0 Å². The topological polar surface area (TPSA) is 79.2 Å². The first-order valence-electron chi connectivity index (χ1n) is 8.03. The molecular formula is C19H22O5. The molecule has 0 aromatic heterocycles. The molecule has 24 heavy (non-hydrogen) atoms. The quantitative estimate of drug-likeness (QED) is 0.747. The Labute approximate surface area is 141 Å². The molecule has 3 N–H and O–H groups in total. The molecule has 2 aromatic rings. The molecule has 0 bridgehead atoms. The van der Waals surface area contributed by atoms with Gasteiger partial charge < -0.3 is 24.8 Å². The molecule has 1 aliphatic heterocycles. The van der Waals surface area contributed by atoms with E-state index in [2.05, 4.69) is 0 Å². The summed E-state index contributed by atoms with van der Waals surface area (Å²) in [6, 6.07) is 19.1. The van der Waals surface area contributed by atoms with E-state index in [9.17, 15) is 15.3 Å². The smallest absolute Gasteiger partial charge is 0.117 e. The van der Waals surface area contributed by atoms with Crippen LogP contribution in [0.2, 0.25) is 0 Å². The molecule has 1 saturated heterocycles. The van der Waals surface area contributed by atoms with Crippen LogP contribution in [0.4, 0.5) is 0 Å². The highest BCUT2D eigenvalue weighted by molar-refractivity contribution is 5.21. The van der Waals surface area contributed by atoms with Crippen LogP contribution in [0.25, 0.3) is 0 Å². The van der Waals surface area contributed by atoms with Crippen LogP contribution >= 0.6 is 0 Å². The third-order valence-corrected chi connectivity index (χ3v) is 4.26. The van der Waals surface area contributed by atoms with Crippen molar-refractivity contribution in [2.45, 2.75) is 37.1 Å². The lowest BCUT2D eigenvalue weighted by Gasteiger charge is -2.22. The molecule has 2 aromatic carbocycles. The normalized spacial score (nSPS) is 28.0. The molecule has 5 atom stereocenters. The molecule has 3 rings (SSSR count). The minimum Gasteiger partial charge on any atom is -0.394 e. The summed E-state index contributed by atoms with van der Waals surface area (Å²) in [5.74, 6) is 0. The molecule has 5 nitrogen and oxygen atoms in total. The standard InChI is InChI=1S/C19H22O5/c20-11-15(21)18-16(22)19(23-12-13-7-3-1-4-8-13)17(24-18)14-9-5-2-6-10-14/h1-10,15-22H,11-12H2/t15-,16-,17-,18+,19+/m0/s1. The second-order valence-corrected chi connectivity index (χ2v) is 5.93. The maximum Gasteiger partial charge on any atom is 0.117 e. The van der Waals surface area contributed by atoms with Crippen LogP contribution in [-0.2, 0) is 16.1 Å². The molecule has 0 amide bonds. The minimum absolute atomic E-state index is 0.331. The molecule has 128 valence electrons. The Balaban J connectivity index is 1.78. The van der Waals surface area contributed by atoms with Crippen LogP contribution < -0.4 is 0 Å². The first-order valence-corrected chi connectivity index (χ1v) is 8.03. The van der Waals surface area contributed by atoms with Gasteiger partial charge in [-0.15, -0.1) is 0 Å². The van der Waals surface area contributed by atoms with E-state index < -0.39 is 37.1 Å². The Morgan fingerprint density at radius 3 is 2.25 bits per heavy atom. The van der Waals surface area contributed by atoms with E-state index in [0.717, 1.165) is 11.1 Å². The maximum atomic E-state index is 10.5. The molecule has 0 radical (unpaired) electrons. The van der Waals surface area contributed by atoms with Gasteiger partial charge in [-0.1, -0.05) is 60.7 Å². The molecule has 1 fully saturated rings. The Bertz CT molecular complexity index is 618. The van der Waals surface area contributed by atoms with Gasteiger partial charge in [0.15, 0.2) is 0 Å². The fraction of sp³-hybridized carbons (Fsp3) is 0.368. The number of aliphatic hydroxyl groups is 3. The summed E-state index contributed by atoms with van der Waals surface area (Å²) in [4.78, 5) is 0. The van der Waals surface area contributed by atoms with Crippen molar-refractivity contribution >= 4 is 0 Å². The van der Waals surface area contributed by atoms with Crippen molar-refractivity contribution in [3.8, 4) is 0 Å². The van der Waals surface area contributed by atoms with E-state index in [-0.39, 0.29) is 0 Å². The molecule has 0 aliphatic carbocycles. The molecule has 1 heterocycles. The van der Waals surface area contributed by atoms with Crippen LogP contribution in [0.5, 0.6) is 0 Å². The van der Waals surface area contributed by atoms with Crippen LogP contribution in [0.15, 0.2) is 60.7 Å². The third-order valence-electron chi connectivity index (χ3n) is 4.26. The highest BCUT2D eigenvalue weighted by Crippen LogP contribution is 2.37. The van der Waals surface area contributed by atoms with Crippen LogP contribution in [0.3, 0.4) is 0 Å². The minimum atomic E-state index is -1.16. The maximum absolute atomic E-state index is 10.5. The summed E-state index contributed by atoms with van der Waals surface area (Å²) < 4.78 is 11.8. The average molecular weight is 330 g/mol. The zero-order valence-corrected chi connectivity index (χ0v) is 13.2. The van der Waals surface area contributed by atoms with E-state index in [0.29, 0.717) is 6.61 Å². The van der Waals surface area contributed by atoms with Gasteiger partial charge >= 0.3 is 0 Å². The zero-order valence-electron chi connectivity index (χ0n) is 13.2. The Morgan fingerprint density at radius 1 is 1.00 bits per heavy atom. The predicted octanol–water partition coefficient (Wildman–Crippen LogP) is 1.43. The SMILES string of the molecule is OC[C@H](O)[C@H]1O[C@@H](c2ccccc2)[C@H](OCc2ccccc2)[C@H]1O. The van der Waals surface area contributed by atoms with E-state index in [1.165, 1.54) is 0 Å². The lowest BCUT2D eigenvalue weighted by Crippen LogP contribution is -2.41. The van der Waals surface area contributed by atoms with Crippen molar-refractivity contribution in [3.63, 3.8) is 0 Å². The molecular weight excluding hydrogens is 308 g/mol. The zero-order chi connectivity index (χ0) is 16.9. The highest BCUT2D eigenvalue weighted by atomic mass is 16.6. The first-order chi connectivity index (χ1) is 11.7. The fourth-order valence-electron chi connectivity index (χ4n) is 2.98. The lowest BCUT2D eigenvalue weighted by atomic mass is 9.99. The van der Waals surface area contributed by atoms with Crippen molar-refractivity contribution in [2.24, 2.45) is 0 Å². The van der Waals surface area contributed by atoms with Crippen LogP contribution in [-0.4, -0.2) is 46.3 Å². The van der Waals surface area contributed by atoms with Gasteiger partial charge in [-0.2, -0.15) is 0 Å². The number of hydrogen-bond acceptors (Lipinski definition) is 5. The van der Waals surface area contributed by atoms with E-state index in [1.807, 2.05) is 60.7 Å². The van der Waals surface area contributed by atoms with Crippen molar-refractivity contribution in [2.75, 3.05) is 6.61 Å². The highest BCUT2D eigenvalue weighted by Gasteiger charge is 2.47. The van der Waals surface area contributed by atoms with Gasteiger partial charge in [-0.05, 0) is 11.1 Å². The summed E-state index contributed by atoms with van der Waals surface area (Å²) in [7, 11) is 0. The number of ether oxygens (including phenoxy) is 2. The molecule has 0 saturated carbocycles. The summed E-state index contributed by atoms with van der Waals surface area (Å²) in [6.45, 7) is -0.147. The van der Waals surface area contributed by atoms with E-state index in [4.69, 9.17) is 9.47 Å². The Morgan fingerprint density at radius 2 is 1.62 bits per heavy atom. The average Bonchev–Trinajstić information content (AvgIpc) is 2.97. The number of benzene rings is 2. The van der Waals surface area contributed by atoms with Gasteiger partial charge in [0.2, 0.25) is 0 Å². The molecule has 1 aliphatic rings. The van der Waals surface area contributed by atoms with Gasteiger partial charge in [0.1, 0.15) is 30.5 Å². The second kappa shape index (κ2) is 7.88. The molecule has 0 unspecified atom stereocenters. The largest absolute Gasteiger partial charge is 0.394 e. The van der Waals surface area contributed by atoms with Crippen molar-refractivity contribution in [1.82, 2.24) is 0 Å². The van der Waals surface area contributed by atoms with Gasteiger partial charge in [-0.3, -0.25) is 0 Å². The predicted molar refractivity (Wildman–Crippen MR) is 88.2 cm³/mol. The van der Waals surface area contributed by atoms with Gasteiger partial charge in [-0.25, -0.2) is 0 Å². The first kappa shape index (κ1) is 17.1. The summed E-state index contributed by atoms with van der Waals surface area (Å²) in [5.41, 5.74) is 1.85. The lowest BCUT2D eigenvalue weighted by molar-refractivity contribution is -0.0821. The van der Waals surface area contributed by atoms with Crippen molar-refractivity contribution in [1.29, 1.82) is 0 Å². The second-order valence-electron chi connectivity index (χ2n) is 5.93. The number of rotatable bonds is 6. The molecule has 0 spiro atoms. The summed E-state index contributed by atoms with van der Waals surface area (Å²) in [6.07, 6.45) is -4.20. The van der Waals surface area contributed by atoms with Gasteiger partial charge in [0.25, 0.3) is 0 Å².